The first kappa shape index (κ1) is 13.4. The molecule has 0 aromatic carbocycles. The zero-order valence-electron chi connectivity index (χ0n) is 7.77. The van der Waals surface area contributed by atoms with Gasteiger partial charge in [0.1, 0.15) is 6.61 Å². The van der Waals surface area contributed by atoms with Gasteiger partial charge in [0.05, 0.1) is 0 Å². The lowest BCUT2D eigenvalue weighted by molar-refractivity contribution is -0.149. The minimum Gasteiger partial charge on any atom is -0.403 e. The quantitative estimate of drug-likeness (QED) is 0.501. The van der Waals surface area contributed by atoms with Gasteiger partial charge in [-0.25, -0.2) is 8.78 Å². The van der Waals surface area contributed by atoms with Crippen LogP contribution in [0.15, 0.2) is 24.6 Å². The van der Waals surface area contributed by atoms with E-state index in [0.717, 1.165) is 0 Å². The highest BCUT2D eigenvalue weighted by molar-refractivity contribution is 6.82. The van der Waals surface area contributed by atoms with E-state index >= 15 is 0 Å². The van der Waals surface area contributed by atoms with Crippen LogP contribution in [0.5, 0.6) is 0 Å². The molecular weight excluding hydrogens is 216 g/mol. The molecule has 0 saturated heterocycles. The van der Waals surface area contributed by atoms with E-state index in [1.165, 1.54) is 17.9 Å². The lowest BCUT2D eigenvalue weighted by Crippen LogP contribution is -2.39. The molecule has 0 rings (SSSR count). The summed E-state index contributed by atoms with van der Waals surface area (Å²) >= 11 is 0. The SMILES string of the molecule is C=C[Si](C)(C=C)OCC(F)(F)C(F)F. The van der Waals surface area contributed by atoms with Crippen LogP contribution in [-0.4, -0.2) is 27.3 Å². The fourth-order valence-corrected chi connectivity index (χ4v) is 1.42. The van der Waals surface area contributed by atoms with Crippen LogP contribution in [-0.2, 0) is 4.43 Å². The molecule has 0 spiro atoms. The smallest absolute Gasteiger partial charge is 0.328 e. The third-order valence-electron chi connectivity index (χ3n) is 1.71. The lowest BCUT2D eigenvalue weighted by Gasteiger charge is -2.23. The van der Waals surface area contributed by atoms with Crippen LogP contribution in [0.3, 0.4) is 0 Å². The molecule has 0 saturated carbocycles. The van der Waals surface area contributed by atoms with Crippen LogP contribution in [0.4, 0.5) is 17.6 Å². The molecule has 0 radical (unpaired) electrons. The standard InChI is InChI=1S/C8H12F4OSi/c1-4-14(3,5-2)13-6-8(11,12)7(9)10/h4-5,7H,1-2,6H2,3H3. The van der Waals surface area contributed by atoms with Crippen molar-refractivity contribution in [1.82, 2.24) is 0 Å². The van der Waals surface area contributed by atoms with Gasteiger partial charge in [-0.1, -0.05) is 11.4 Å². The van der Waals surface area contributed by atoms with Crippen molar-refractivity contribution in [3.05, 3.63) is 24.6 Å². The highest BCUT2D eigenvalue weighted by atomic mass is 28.4. The van der Waals surface area contributed by atoms with Gasteiger partial charge in [0.2, 0.25) is 8.32 Å². The summed E-state index contributed by atoms with van der Waals surface area (Å²) in [6.07, 6.45) is -3.71. The summed E-state index contributed by atoms with van der Waals surface area (Å²) in [4.78, 5) is 0. The van der Waals surface area contributed by atoms with Crippen LogP contribution in [0.1, 0.15) is 0 Å². The van der Waals surface area contributed by atoms with E-state index in [4.69, 9.17) is 4.43 Å². The first-order chi connectivity index (χ1) is 6.27. The largest absolute Gasteiger partial charge is 0.403 e. The van der Waals surface area contributed by atoms with Gasteiger partial charge in [-0.2, -0.15) is 8.78 Å². The molecule has 0 unspecified atom stereocenters. The minimum atomic E-state index is -4.11. The van der Waals surface area contributed by atoms with Gasteiger partial charge in [0.15, 0.2) is 0 Å². The van der Waals surface area contributed by atoms with Crippen LogP contribution in [0, 0.1) is 0 Å². The van der Waals surface area contributed by atoms with Gasteiger partial charge in [0.25, 0.3) is 0 Å². The number of hydrogen-bond acceptors (Lipinski definition) is 1. The molecule has 0 N–H and O–H groups in total. The van der Waals surface area contributed by atoms with Crippen LogP contribution >= 0.6 is 0 Å². The molecule has 0 amide bonds. The van der Waals surface area contributed by atoms with E-state index in [0.29, 0.717) is 0 Å². The molecule has 14 heavy (non-hydrogen) atoms. The number of rotatable bonds is 6. The van der Waals surface area contributed by atoms with Crippen molar-refractivity contribution in [2.24, 2.45) is 0 Å². The predicted molar refractivity (Wildman–Crippen MR) is 48.9 cm³/mol. The molecule has 0 atom stereocenters. The molecule has 82 valence electrons. The minimum absolute atomic E-state index is 1.30. The third kappa shape index (κ3) is 3.63. The maximum Gasteiger partial charge on any atom is 0.328 e. The Bertz CT molecular complexity index is 209. The Morgan fingerprint density at radius 1 is 1.36 bits per heavy atom. The van der Waals surface area contributed by atoms with E-state index < -0.39 is 27.3 Å². The first-order valence-electron chi connectivity index (χ1n) is 3.84. The van der Waals surface area contributed by atoms with E-state index in [2.05, 4.69) is 13.2 Å². The average molecular weight is 228 g/mol. The summed E-state index contributed by atoms with van der Waals surface area (Å²) < 4.78 is 53.0. The number of alkyl halides is 4. The van der Waals surface area contributed by atoms with Crippen molar-refractivity contribution in [2.75, 3.05) is 6.61 Å². The maximum absolute atomic E-state index is 12.4. The first-order valence-corrected chi connectivity index (χ1v) is 6.41. The molecule has 6 heteroatoms. The number of hydrogen-bond donors (Lipinski definition) is 0. The summed E-state index contributed by atoms with van der Waals surface area (Å²) in [5.74, 6) is -4.11. The van der Waals surface area contributed by atoms with Crippen molar-refractivity contribution < 1.29 is 22.0 Å². The summed E-state index contributed by atoms with van der Waals surface area (Å²) in [6, 6.07) is 0. The van der Waals surface area contributed by atoms with Crippen LogP contribution in [0.25, 0.3) is 0 Å². The number of halogens is 4. The topological polar surface area (TPSA) is 9.23 Å². The van der Waals surface area contributed by atoms with Crippen molar-refractivity contribution in [3.63, 3.8) is 0 Å². The summed E-state index contributed by atoms with van der Waals surface area (Å²) in [5, 5.41) is 0. The molecule has 0 aromatic heterocycles. The van der Waals surface area contributed by atoms with E-state index in [1.54, 1.807) is 0 Å². The molecule has 0 aliphatic heterocycles. The Morgan fingerprint density at radius 2 is 1.79 bits per heavy atom. The fraction of sp³-hybridized carbons (Fsp3) is 0.500. The summed E-state index contributed by atoms with van der Waals surface area (Å²) in [6.45, 7) is 7.00. The third-order valence-corrected chi connectivity index (χ3v) is 4.09. The maximum atomic E-state index is 12.4. The molecule has 0 heterocycles. The zero-order chi connectivity index (χ0) is 11.4. The molecule has 0 fully saturated rings. The summed E-state index contributed by atoms with van der Waals surface area (Å²) in [7, 11) is -2.64. The average Bonchev–Trinajstić information content (AvgIpc) is 2.14. The Balaban J connectivity index is 4.30. The van der Waals surface area contributed by atoms with Gasteiger partial charge < -0.3 is 4.43 Å². The van der Waals surface area contributed by atoms with Gasteiger partial charge in [-0.3, -0.25) is 0 Å². The van der Waals surface area contributed by atoms with Crippen LogP contribution < -0.4 is 0 Å². The van der Waals surface area contributed by atoms with Crippen molar-refractivity contribution in [3.8, 4) is 0 Å². The molecule has 0 bridgehead atoms. The van der Waals surface area contributed by atoms with E-state index in [-0.39, 0.29) is 0 Å². The van der Waals surface area contributed by atoms with Gasteiger partial charge >= 0.3 is 12.3 Å². The second-order valence-electron chi connectivity index (χ2n) is 2.94. The van der Waals surface area contributed by atoms with Crippen molar-refractivity contribution >= 4 is 8.32 Å². The Labute approximate surface area is 81.2 Å². The highest BCUT2D eigenvalue weighted by Gasteiger charge is 2.42. The molecule has 0 aliphatic carbocycles. The molecule has 1 nitrogen and oxygen atoms in total. The van der Waals surface area contributed by atoms with Gasteiger partial charge in [-0.15, -0.1) is 13.2 Å². The zero-order valence-corrected chi connectivity index (χ0v) is 8.77. The second-order valence-corrected chi connectivity index (χ2v) is 6.42. The monoisotopic (exact) mass is 228 g/mol. The van der Waals surface area contributed by atoms with Crippen molar-refractivity contribution in [1.29, 1.82) is 0 Å². The predicted octanol–water partition coefficient (Wildman–Crippen LogP) is 2.93. The van der Waals surface area contributed by atoms with E-state index in [9.17, 15) is 17.6 Å². The Hall–Kier alpha value is -0.623. The Morgan fingerprint density at radius 3 is 2.07 bits per heavy atom. The molecule has 0 aromatic rings. The normalized spacial score (nSPS) is 13.0. The second kappa shape index (κ2) is 4.74. The lowest BCUT2D eigenvalue weighted by atomic mass is 10.4. The Kier molecular flexibility index (Phi) is 4.53. The van der Waals surface area contributed by atoms with Gasteiger partial charge in [-0.05, 0) is 6.55 Å². The fourth-order valence-electron chi connectivity index (χ4n) is 0.516. The highest BCUT2D eigenvalue weighted by Crippen LogP contribution is 2.24. The molecule has 0 aliphatic rings. The van der Waals surface area contributed by atoms with Crippen molar-refractivity contribution in [2.45, 2.75) is 18.9 Å². The van der Waals surface area contributed by atoms with Gasteiger partial charge in [0, 0.05) is 0 Å². The molecular formula is C8H12F4OSi. The van der Waals surface area contributed by atoms with E-state index in [1.807, 2.05) is 0 Å². The van der Waals surface area contributed by atoms with Crippen LogP contribution in [0.2, 0.25) is 6.55 Å². The summed E-state index contributed by atoms with van der Waals surface area (Å²) in [5.41, 5.74) is 2.70.